The first kappa shape index (κ1) is 20.4. The van der Waals surface area contributed by atoms with Crippen LogP contribution in [0.4, 0.5) is 0 Å². The summed E-state index contributed by atoms with van der Waals surface area (Å²) in [6.07, 6.45) is 19.6. The van der Waals surface area contributed by atoms with E-state index in [-0.39, 0.29) is 5.41 Å². The third kappa shape index (κ3) is 3.25. The molecule has 0 amide bonds. The lowest BCUT2D eigenvalue weighted by atomic mass is 9.45. The molecule has 0 aromatic heterocycles. The maximum atomic E-state index is 12.0. The van der Waals surface area contributed by atoms with Crippen LogP contribution in [0.25, 0.3) is 0 Å². The average Bonchev–Trinajstić information content (AvgIpc) is 2.99. The molecule has 0 spiro atoms. The molecule has 0 heterocycles. The summed E-state index contributed by atoms with van der Waals surface area (Å²) >= 11 is 0. The minimum Gasteiger partial charge on any atom is -0.295 e. The monoisotopic (exact) mass is 382 g/mol. The van der Waals surface area contributed by atoms with E-state index >= 15 is 0 Å². The summed E-state index contributed by atoms with van der Waals surface area (Å²) in [5.74, 6) is 5.89. The molecule has 8 atom stereocenters. The number of hydrogen-bond acceptors (Lipinski definition) is 1. The Morgan fingerprint density at radius 2 is 1.86 bits per heavy atom. The zero-order valence-corrected chi connectivity index (χ0v) is 18.9. The zero-order chi connectivity index (χ0) is 20.1. The number of fused-ring (bicyclic) bond motifs is 5. The first-order valence-corrected chi connectivity index (χ1v) is 12.1. The van der Waals surface area contributed by atoms with E-state index in [1.165, 1.54) is 44.9 Å². The Kier molecular flexibility index (Phi) is 5.43. The predicted octanol–water partition coefficient (Wildman–Crippen LogP) is 7.23. The number of rotatable bonds is 4. The quantitative estimate of drug-likeness (QED) is 0.469. The van der Waals surface area contributed by atoms with Gasteiger partial charge < -0.3 is 0 Å². The molecule has 0 bridgehead atoms. The van der Waals surface area contributed by atoms with Gasteiger partial charge >= 0.3 is 0 Å². The van der Waals surface area contributed by atoms with Crippen LogP contribution in [0.3, 0.4) is 0 Å². The first-order chi connectivity index (χ1) is 13.3. The van der Waals surface area contributed by atoms with E-state index in [1.807, 2.05) is 6.08 Å². The van der Waals surface area contributed by atoms with E-state index in [1.54, 1.807) is 0 Å². The van der Waals surface area contributed by atoms with Crippen LogP contribution in [0.5, 0.6) is 0 Å². The summed E-state index contributed by atoms with van der Waals surface area (Å²) in [5, 5.41) is 0. The molecule has 0 aromatic carbocycles. The second-order valence-corrected chi connectivity index (χ2v) is 11.7. The average molecular weight is 383 g/mol. The van der Waals surface area contributed by atoms with Gasteiger partial charge in [0.05, 0.1) is 0 Å². The van der Waals surface area contributed by atoms with Gasteiger partial charge in [0.1, 0.15) is 0 Å². The van der Waals surface area contributed by atoms with Crippen LogP contribution < -0.4 is 0 Å². The fourth-order valence-corrected chi connectivity index (χ4v) is 8.24. The van der Waals surface area contributed by atoms with Gasteiger partial charge in [-0.25, -0.2) is 0 Å². The van der Waals surface area contributed by atoms with Crippen LogP contribution in [-0.2, 0) is 4.79 Å². The Morgan fingerprint density at radius 3 is 2.61 bits per heavy atom. The number of carbonyl (C=O) groups excluding carboxylic acids is 1. The standard InChI is InChI=1S/C27H42O/c1-18(2)7-6-8-19(3)23-11-12-24-22-10-9-20-17-21(28)13-15-26(20,4)25(22)14-16-27(23,24)5/h6,8,13,15,18-20,22-25H,7,9-12,14,16-17H2,1-5H3/t19-,20+,22+,23-,24+,25+,26+,27-/m1/s1. The lowest BCUT2D eigenvalue weighted by molar-refractivity contribution is -0.122. The Balaban J connectivity index is 1.53. The Labute approximate surface area is 173 Å². The highest BCUT2D eigenvalue weighted by Gasteiger charge is 2.59. The zero-order valence-electron chi connectivity index (χ0n) is 18.9. The minimum absolute atomic E-state index is 0.277. The molecule has 4 aliphatic rings. The van der Waals surface area contributed by atoms with Crippen molar-refractivity contribution < 1.29 is 4.79 Å². The highest BCUT2D eigenvalue weighted by Crippen LogP contribution is 2.67. The van der Waals surface area contributed by atoms with Gasteiger partial charge in [0, 0.05) is 6.42 Å². The summed E-state index contributed by atoms with van der Waals surface area (Å²) in [5.41, 5.74) is 0.805. The van der Waals surface area contributed by atoms with Crippen molar-refractivity contribution in [3.8, 4) is 0 Å². The van der Waals surface area contributed by atoms with Crippen molar-refractivity contribution >= 4 is 5.78 Å². The van der Waals surface area contributed by atoms with Crippen molar-refractivity contribution in [2.75, 3.05) is 0 Å². The van der Waals surface area contributed by atoms with Gasteiger partial charge in [-0.3, -0.25) is 4.79 Å². The lowest BCUT2D eigenvalue weighted by Gasteiger charge is -2.59. The Bertz CT molecular complexity index is 657. The summed E-state index contributed by atoms with van der Waals surface area (Å²) in [6.45, 7) is 12.2. The van der Waals surface area contributed by atoms with E-state index in [9.17, 15) is 4.79 Å². The number of carbonyl (C=O) groups is 1. The summed E-state index contributed by atoms with van der Waals surface area (Å²) in [4.78, 5) is 12.0. The molecule has 1 nitrogen and oxygen atoms in total. The molecule has 0 saturated heterocycles. The SMILES string of the molecule is CC(C)CC=C[C@@H](C)[C@H]1CC[C@H]2[C@@H]3CC[C@H]4CC(=O)C=C[C@]4(C)[C@H]3CC[C@]12C. The number of hydrogen-bond donors (Lipinski definition) is 0. The normalized spacial score (nSPS) is 46.5. The van der Waals surface area contributed by atoms with Crippen molar-refractivity contribution in [2.24, 2.45) is 52.3 Å². The summed E-state index contributed by atoms with van der Waals surface area (Å²) in [6, 6.07) is 0. The Hall–Kier alpha value is -0.850. The molecule has 0 radical (unpaired) electrons. The molecule has 1 heteroatoms. The van der Waals surface area contributed by atoms with Crippen LogP contribution in [0.2, 0.25) is 0 Å². The van der Waals surface area contributed by atoms with Gasteiger partial charge in [0.15, 0.2) is 5.78 Å². The predicted molar refractivity (Wildman–Crippen MR) is 118 cm³/mol. The minimum atomic E-state index is 0.277. The lowest BCUT2D eigenvalue weighted by Crippen LogP contribution is -2.52. The van der Waals surface area contributed by atoms with Crippen LogP contribution in [0.1, 0.15) is 86.0 Å². The highest BCUT2D eigenvalue weighted by atomic mass is 16.1. The van der Waals surface area contributed by atoms with Crippen molar-refractivity contribution in [1.82, 2.24) is 0 Å². The number of ketones is 1. The van der Waals surface area contributed by atoms with Gasteiger partial charge in [-0.2, -0.15) is 0 Å². The van der Waals surface area contributed by atoms with E-state index in [0.717, 1.165) is 36.0 Å². The first-order valence-electron chi connectivity index (χ1n) is 12.1. The largest absolute Gasteiger partial charge is 0.295 e. The van der Waals surface area contributed by atoms with E-state index in [4.69, 9.17) is 0 Å². The molecule has 0 N–H and O–H groups in total. The van der Waals surface area contributed by atoms with Gasteiger partial charge in [0.2, 0.25) is 0 Å². The molecular weight excluding hydrogens is 340 g/mol. The van der Waals surface area contributed by atoms with Gasteiger partial charge in [0.25, 0.3) is 0 Å². The molecule has 156 valence electrons. The highest BCUT2D eigenvalue weighted by molar-refractivity contribution is 5.91. The Morgan fingerprint density at radius 1 is 1.07 bits per heavy atom. The number of allylic oxidation sites excluding steroid dienone is 4. The summed E-state index contributed by atoms with van der Waals surface area (Å²) in [7, 11) is 0. The van der Waals surface area contributed by atoms with Crippen molar-refractivity contribution in [2.45, 2.75) is 86.0 Å². The van der Waals surface area contributed by atoms with Crippen LogP contribution in [0, 0.1) is 52.3 Å². The van der Waals surface area contributed by atoms with Crippen molar-refractivity contribution in [3.63, 3.8) is 0 Å². The van der Waals surface area contributed by atoms with Crippen molar-refractivity contribution in [3.05, 3.63) is 24.3 Å². The van der Waals surface area contributed by atoms with Crippen LogP contribution in [0.15, 0.2) is 24.3 Å². The van der Waals surface area contributed by atoms with Crippen molar-refractivity contribution in [1.29, 1.82) is 0 Å². The summed E-state index contributed by atoms with van der Waals surface area (Å²) < 4.78 is 0. The topological polar surface area (TPSA) is 17.1 Å². The molecule has 0 aromatic rings. The second-order valence-electron chi connectivity index (χ2n) is 11.7. The molecule has 3 fully saturated rings. The van der Waals surface area contributed by atoms with E-state index in [0.29, 0.717) is 23.0 Å². The second kappa shape index (κ2) is 7.44. The van der Waals surface area contributed by atoms with Gasteiger partial charge in [-0.15, -0.1) is 0 Å². The molecular formula is C27H42O. The molecule has 28 heavy (non-hydrogen) atoms. The van der Waals surface area contributed by atoms with Crippen LogP contribution >= 0.6 is 0 Å². The van der Waals surface area contributed by atoms with Gasteiger partial charge in [-0.05, 0) is 103 Å². The fraction of sp³-hybridized carbons (Fsp3) is 0.815. The maximum Gasteiger partial charge on any atom is 0.155 e. The molecule has 0 aliphatic heterocycles. The third-order valence-electron chi connectivity index (χ3n) is 9.80. The third-order valence-corrected chi connectivity index (χ3v) is 9.80. The van der Waals surface area contributed by atoms with Crippen LogP contribution in [-0.4, -0.2) is 5.78 Å². The molecule has 4 rings (SSSR count). The van der Waals surface area contributed by atoms with E-state index in [2.05, 4.69) is 52.8 Å². The molecule has 3 saturated carbocycles. The molecule has 4 aliphatic carbocycles. The van der Waals surface area contributed by atoms with Gasteiger partial charge in [-0.1, -0.05) is 52.8 Å². The van der Waals surface area contributed by atoms with E-state index < -0.39 is 0 Å². The fourth-order valence-electron chi connectivity index (χ4n) is 8.24. The maximum absolute atomic E-state index is 12.0. The molecule has 0 unspecified atom stereocenters. The smallest absolute Gasteiger partial charge is 0.155 e.